The third-order valence-corrected chi connectivity index (χ3v) is 4.28. The van der Waals surface area contributed by atoms with Gasteiger partial charge in [0.05, 0.1) is 32.0 Å². The van der Waals surface area contributed by atoms with Gasteiger partial charge in [0.25, 0.3) is 0 Å². The third-order valence-electron chi connectivity index (χ3n) is 4.28. The van der Waals surface area contributed by atoms with E-state index < -0.39 is 0 Å². The number of nitrogens with one attached hydrogen (secondary N) is 1. The molecule has 7 heteroatoms. The molecular formula is C20H20FN3O3. The topological polar surface area (TPSA) is 86.0 Å². The molecule has 1 fully saturated rings. The molecular weight excluding hydrogens is 349 g/mol. The van der Waals surface area contributed by atoms with Gasteiger partial charge >= 0.3 is 5.82 Å². The fourth-order valence-electron chi connectivity index (χ4n) is 2.90. The number of allylic oxidation sites excluding steroid dienone is 1. The van der Waals surface area contributed by atoms with Crippen molar-refractivity contribution in [2.45, 2.75) is 12.8 Å². The molecule has 0 unspecified atom stereocenters. The van der Waals surface area contributed by atoms with Crippen LogP contribution in [0.4, 0.5) is 15.9 Å². The molecule has 2 heterocycles. The first-order chi connectivity index (χ1) is 12.7. The Kier molecular flexibility index (Phi) is 7.03. The normalized spacial score (nSPS) is 13.1. The number of hydrogen-bond acceptors (Lipinski definition) is 5. The number of nitroso groups, excluding NO2 is 1. The predicted octanol–water partition coefficient (Wildman–Crippen LogP) is 3.45. The maximum atomic E-state index is 13.4. The van der Waals surface area contributed by atoms with Crippen molar-refractivity contribution in [1.29, 1.82) is 0 Å². The summed E-state index contributed by atoms with van der Waals surface area (Å²) in [5.74, 6) is 6.91. The molecule has 2 aromatic rings. The number of aromatic amines is 1. The highest BCUT2D eigenvalue weighted by atomic mass is 19.1. The van der Waals surface area contributed by atoms with Gasteiger partial charge in [-0.15, -0.1) is 4.91 Å². The number of H-pyrrole nitrogens is 1. The second kappa shape index (κ2) is 9.46. The van der Waals surface area contributed by atoms with Crippen molar-refractivity contribution in [3.8, 4) is 17.6 Å². The van der Waals surface area contributed by atoms with Gasteiger partial charge in [-0.2, -0.15) is 0 Å². The van der Waals surface area contributed by atoms with Crippen LogP contribution in [0.25, 0.3) is 0 Å². The van der Waals surface area contributed by atoms with Gasteiger partial charge in [0.2, 0.25) is 0 Å². The smallest absolute Gasteiger partial charge is 0.304 e. The van der Waals surface area contributed by atoms with E-state index in [9.17, 15) is 9.30 Å². The lowest BCUT2D eigenvalue weighted by Crippen LogP contribution is -2.34. The summed E-state index contributed by atoms with van der Waals surface area (Å²) in [7, 11) is 1.54. The monoisotopic (exact) mass is 369 g/mol. The Balaban J connectivity index is 0.00000261. The van der Waals surface area contributed by atoms with Gasteiger partial charge in [0, 0.05) is 12.8 Å². The number of ether oxygens (including phenoxy) is 1. The Morgan fingerprint density at radius 1 is 1.30 bits per heavy atom. The van der Waals surface area contributed by atoms with E-state index in [1.165, 1.54) is 24.8 Å². The Morgan fingerprint density at radius 2 is 2.07 bits per heavy atom. The predicted molar refractivity (Wildman–Crippen MR) is 99.7 cm³/mol. The lowest BCUT2D eigenvalue weighted by atomic mass is 10.0. The van der Waals surface area contributed by atoms with E-state index in [2.05, 4.69) is 26.9 Å². The summed E-state index contributed by atoms with van der Waals surface area (Å²) in [5.41, 5.74) is 2.17. The molecule has 140 valence electrons. The molecule has 0 atom stereocenters. The second-order valence-corrected chi connectivity index (χ2v) is 5.90. The highest BCUT2D eigenvalue weighted by molar-refractivity contribution is 5.58. The molecule has 6 nitrogen and oxygen atoms in total. The van der Waals surface area contributed by atoms with E-state index in [-0.39, 0.29) is 11.3 Å². The Hall–Kier alpha value is -3.24. The Labute approximate surface area is 157 Å². The lowest BCUT2D eigenvalue weighted by molar-refractivity contribution is -0.363. The molecule has 0 saturated carbocycles. The molecule has 1 aliphatic rings. The third kappa shape index (κ3) is 4.90. The van der Waals surface area contributed by atoms with Crippen LogP contribution in [0.5, 0.6) is 5.75 Å². The van der Waals surface area contributed by atoms with Crippen LogP contribution in [-0.2, 0) is 0 Å². The molecule has 3 rings (SSSR count). The first kappa shape index (κ1) is 20.1. The van der Waals surface area contributed by atoms with Gasteiger partial charge in [0.15, 0.2) is 5.69 Å². The summed E-state index contributed by atoms with van der Waals surface area (Å²) in [6.07, 6.45) is 5.36. The minimum Gasteiger partial charge on any atom is -0.870 e. The highest BCUT2D eigenvalue weighted by Gasteiger charge is 2.24. The molecule has 1 aromatic heterocycles. The minimum absolute atomic E-state index is 0. The molecule has 0 spiro atoms. The van der Waals surface area contributed by atoms with Crippen LogP contribution in [0.15, 0.2) is 53.4 Å². The number of nitrogens with zero attached hydrogens (tertiary/aromatic N) is 2. The quantitative estimate of drug-likeness (QED) is 0.612. The number of hydrogen-bond donors (Lipinski definition) is 0. The fourth-order valence-corrected chi connectivity index (χ4v) is 2.90. The highest BCUT2D eigenvalue weighted by Crippen LogP contribution is 2.27. The first-order valence-electron chi connectivity index (χ1n) is 8.33. The Bertz CT molecular complexity index is 893. The van der Waals surface area contributed by atoms with Crippen molar-refractivity contribution in [2.24, 2.45) is 5.18 Å². The van der Waals surface area contributed by atoms with Gasteiger partial charge in [-0.1, -0.05) is 17.4 Å². The zero-order valence-electron chi connectivity index (χ0n) is 14.9. The van der Waals surface area contributed by atoms with E-state index in [1.807, 2.05) is 6.08 Å². The SMILES string of the molecule is COc1ccc(F)cc1C#CC=C1CCN(c2[nH+]cccc2N=O)CC1.[OH-]. The van der Waals surface area contributed by atoms with Crippen molar-refractivity contribution >= 4 is 11.5 Å². The van der Waals surface area contributed by atoms with Crippen LogP contribution in [0.3, 0.4) is 0 Å². The molecule has 2 N–H and O–H groups in total. The standard InChI is InChI=1S/C20H18FN3O2.H2O/c1-26-19-8-7-17(21)14-16(19)5-2-4-15-9-12-24(13-10-15)20-18(23-25)6-3-11-22-20;/h3-4,6-8,11,14H,9-10,12-13H2,1H3;1H2. The number of rotatable bonds is 3. The molecule has 0 bridgehead atoms. The van der Waals surface area contributed by atoms with Gasteiger partial charge in [-0.05, 0) is 41.6 Å². The maximum absolute atomic E-state index is 13.4. The van der Waals surface area contributed by atoms with E-state index in [0.29, 0.717) is 17.0 Å². The molecule has 1 aromatic carbocycles. The zero-order valence-corrected chi connectivity index (χ0v) is 14.9. The van der Waals surface area contributed by atoms with Gasteiger partial charge in [-0.25, -0.2) is 9.37 Å². The van der Waals surface area contributed by atoms with Crippen LogP contribution in [-0.4, -0.2) is 25.7 Å². The number of anilines is 1. The van der Waals surface area contributed by atoms with Gasteiger partial charge < -0.3 is 10.2 Å². The van der Waals surface area contributed by atoms with Crippen LogP contribution in [0.1, 0.15) is 18.4 Å². The minimum atomic E-state index is -0.338. The molecule has 1 saturated heterocycles. The lowest BCUT2D eigenvalue weighted by Gasteiger charge is -2.23. The molecule has 0 amide bonds. The molecule has 0 radical (unpaired) electrons. The van der Waals surface area contributed by atoms with Gasteiger partial charge in [0.1, 0.15) is 11.6 Å². The van der Waals surface area contributed by atoms with Crippen LogP contribution >= 0.6 is 0 Å². The van der Waals surface area contributed by atoms with Crippen LogP contribution in [0, 0.1) is 22.6 Å². The number of halogens is 1. The molecule has 1 aliphatic heterocycles. The summed E-state index contributed by atoms with van der Waals surface area (Å²) in [6.45, 7) is 1.56. The van der Waals surface area contributed by atoms with E-state index in [4.69, 9.17) is 4.74 Å². The maximum Gasteiger partial charge on any atom is 0.304 e. The fraction of sp³-hybridized carbons (Fsp3) is 0.250. The summed E-state index contributed by atoms with van der Waals surface area (Å²) in [4.78, 5) is 16.1. The van der Waals surface area contributed by atoms with Crippen molar-refractivity contribution in [1.82, 2.24) is 0 Å². The number of piperidine rings is 1. The average Bonchev–Trinajstić information content (AvgIpc) is 2.69. The summed E-state index contributed by atoms with van der Waals surface area (Å²) >= 11 is 0. The summed E-state index contributed by atoms with van der Waals surface area (Å²) < 4.78 is 18.5. The van der Waals surface area contributed by atoms with Crippen molar-refractivity contribution in [3.63, 3.8) is 0 Å². The van der Waals surface area contributed by atoms with E-state index in [1.54, 1.807) is 24.4 Å². The molecule has 27 heavy (non-hydrogen) atoms. The van der Waals surface area contributed by atoms with Crippen molar-refractivity contribution < 1.29 is 19.6 Å². The van der Waals surface area contributed by atoms with Crippen LogP contribution < -0.4 is 14.6 Å². The Morgan fingerprint density at radius 3 is 2.78 bits per heavy atom. The van der Waals surface area contributed by atoms with E-state index in [0.717, 1.165) is 31.7 Å². The average molecular weight is 369 g/mol. The largest absolute Gasteiger partial charge is 0.870 e. The first-order valence-corrected chi connectivity index (χ1v) is 8.33. The van der Waals surface area contributed by atoms with Gasteiger partial charge in [-0.3, -0.25) is 4.90 Å². The summed E-state index contributed by atoms with van der Waals surface area (Å²) in [6, 6.07) is 7.74. The number of methoxy groups -OCH3 is 1. The molecule has 0 aliphatic carbocycles. The van der Waals surface area contributed by atoms with Crippen molar-refractivity contribution in [2.75, 3.05) is 25.1 Å². The van der Waals surface area contributed by atoms with E-state index >= 15 is 0 Å². The summed E-state index contributed by atoms with van der Waals surface area (Å²) in [5, 5.41) is 3.07. The van der Waals surface area contributed by atoms with Crippen molar-refractivity contribution in [3.05, 3.63) is 64.5 Å². The second-order valence-electron chi connectivity index (χ2n) is 5.90. The number of benzene rings is 1. The zero-order chi connectivity index (χ0) is 18.4. The number of pyridine rings is 1. The van der Waals surface area contributed by atoms with Crippen LogP contribution in [0.2, 0.25) is 0 Å². The number of aromatic nitrogens is 1.